The molecule has 0 amide bonds. The molecule has 4 heteroatoms. The Morgan fingerprint density at radius 3 is 1.54 bits per heavy atom. The van der Waals surface area contributed by atoms with Crippen LogP contribution < -0.4 is 0 Å². The first-order valence-corrected chi connectivity index (χ1v) is 18.3. The molecule has 8 aromatic carbocycles. The van der Waals surface area contributed by atoms with Gasteiger partial charge in [0, 0.05) is 44.0 Å². The SMILES string of the molecule is c1ccc(-n2c(-c3ccc(-c4ccc(-c5nc6ccccc6c6cc7c8ccccc8n(-c8ccccc8)c7cc56)cc4)cc3)nc3ccccc32)cc1. The van der Waals surface area contributed by atoms with Gasteiger partial charge >= 0.3 is 0 Å². The lowest BCUT2D eigenvalue weighted by molar-refractivity contribution is 1.10. The molecule has 0 aliphatic carbocycles. The van der Waals surface area contributed by atoms with E-state index >= 15 is 0 Å². The first-order valence-electron chi connectivity index (χ1n) is 18.3. The smallest absolute Gasteiger partial charge is 0.145 e. The van der Waals surface area contributed by atoms with Crippen LogP contribution in [0.3, 0.4) is 0 Å². The van der Waals surface area contributed by atoms with E-state index in [2.05, 4.69) is 191 Å². The molecule has 0 bridgehead atoms. The molecule has 0 fully saturated rings. The maximum atomic E-state index is 5.32. The molecule has 0 spiro atoms. The number of hydrogen-bond acceptors (Lipinski definition) is 2. The molecule has 0 saturated heterocycles. The first-order chi connectivity index (χ1) is 26.8. The topological polar surface area (TPSA) is 35.6 Å². The zero-order chi connectivity index (χ0) is 35.6. The molecule has 11 aromatic rings. The quantitative estimate of drug-likeness (QED) is 0.169. The normalized spacial score (nSPS) is 11.7. The number of benzene rings is 8. The second-order valence-electron chi connectivity index (χ2n) is 13.8. The van der Waals surface area contributed by atoms with Gasteiger partial charge in [0.25, 0.3) is 0 Å². The van der Waals surface area contributed by atoms with Crippen molar-refractivity contribution >= 4 is 54.5 Å². The van der Waals surface area contributed by atoms with Crippen LogP contribution in [0.2, 0.25) is 0 Å². The number of para-hydroxylation sites is 6. The summed E-state index contributed by atoms with van der Waals surface area (Å²) in [5, 5.41) is 5.99. The fourth-order valence-corrected chi connectivity index (χ4v) is 8.18. The molecule has 252 valence electrons. The zero-order valence-corrected chi connectivity index (χ0v) is 29.3. The van der Waals surface area contributed by atoms with Gasteiger partial charge in [0.15, 0.2) is 0 Å². The van der Waals surface area contributed by atoms with E-state index in [0.717, 1.165) is 72.5 Å². The fraction of sp³-hybridized carbons (Fsp3) is 0. The third-order valence-electron chi connectivity index (χ3n) is 10.7. The molecule has 0 aliphatic rings. The molecule has 0 radical (unpaired) electrons. The third kappa shape index (κ3) is 4.78. The minimum absolute atomic E-state index is 0.930. The van der Waals surface area contributed by atoms with E-state index in [1.165, 1.54) is 27.2 Å². The maximum absolute atomic E-state index is 5.32. The van der Waals surface area contributed by atoms with Crippen molar-refractivity contribution in [3.8, 4) is 45.1 Å². The van der Waals surface area contributed by atoms with E-state index in [1.807, 2.05) is 12.1 Å². The highest BCUT2D eigenvalue weighted by Gasteiger charge is 2.18. The van der Waals surface area contributed by atoms with E-state index in [9.17, 15) is 0 Å². The van der Waals surface area contributed by atoms with Crippen molar-refractivity contribution in [2.24, 2.45) is 0 Å². The molecule has 11 rings (SSSR count). The van der Waals surface area contributed by atoms with Crippen molar-refractivity contribution in [3.63, 3.8) is 0 Å². The average molecular weight is 689 g/mol. The van der Waals surface area contributed by atoms with Gasteiger partial charge in [-0.15, -0.1) is 0 Å². The number of imidazole rings is 1. The molecule has 54 heavy (non-hydrogen) atoms. The predicted octanol–water partition coefficient (Wildman–Crippen LogP) is 12.8. The summed E-state index contributed by atoms with van der Waals surface area (Å²) in [5.74, 6) is 0.930. The molecular weight excluding hydrogens is 657 g/mol. The van der Waals surface area contributed by atoms with Gasteiger partial charge in [0.1, 0.15) is 5.82 Å². The summed E-state index contributed by atoms with van der Waals surface area (Å²) in [6, 6.07) is 69.0. The van der Waals surface area contributed by atoms with Gasteiger partial charge in [-0.3, -0.25) is 4.57 Å². The standard InChI is InChI=1S/C50H32N4/c1-3-13-37(14-4-1)53-46-21-11-8-18-40(46)42-31-41-39-17-7-9-19-44(39)51-49(43(41)32-48(42)53)35-27-23-33(24-28-35)34-25-29-36(30-26-34)50-52-45-20-10-12-22-47(45)54(50)38-15-5-2-6-16-38/h1-32H. The second-order valence-corrected chi connectivity index (χ2v) is 13.8. The molecule has 0 aliphatic heterocycles. The van der Waals surface area contributed by atoms with E-state index < -0.39 is 0 Å². The van der Waals surface area contributed by atoms with Gasteiger partial charge in [-0.2, -0.15) is 0 Å². The summed E-state index contributed by atoms with van der Waals surface area (Å²) in [4.78, 5) is 10.4. The average Bonchev–Trinajstić information content (AvgIpc) is 3.79. The van der Waals surface area contributed by atoms with Crippen molar-refractivity contribution in [2.45, 2.75) is 0 Å². The number of rotatable bonds is 5. The van der Waals surface area contributed by atoms with Crippen molar-refractivity contribution < 1.29 is 0 Å². The van der Waals surface area contributed by atoms with Gasteiger partial charge < -0.3 is 4.57 Å². The lowest BCUT2D eigenvalue weighted by Crippen LogP contribution is -1.97. The Balaban J connectivity index is 1.03. The molecule has 3 heterocycles. The van der Waals surface area contributed by atoms with Crippen LogP contribution in [-0.2, 0) is 0 Å². The Labute approximate surface area is 311 Å². The summed E-state index contributed by atoms with van der Waals surface area (Å²) in [7, 11) is 0. The summed E-state index contributed by atoms with van der Waals surface area (Å²) < 4.78 is 4.62. The number of pyridine rings is 1. The van der Waals surface area contributed by atoms with Gasteiger partial charge in [0.2, 0.25) is 0 Å². The molecular formula is C50H32N4. The molecule has 0 saturated carbocycles. The molecule has 0 atom stereocenters. The minimum atomic E-state index is 0.930. The Kier molecular flexibility index (Phi) is 6.82. The zero-order valence-electron chi connectivity index (χ0n) is 29.3. The fourth-order valence-electron chi connectivity index (χ4n) is 8.18. The number of fused-ring (bicyclic) bond motifs is 7. The minimum Gasteiger partial charge on any atom is -0.309 e. The summed E-state index contributed by atoms with van der Waals surface area (Å²) in [5.41, 5.74) is 13.1. The van der Waals surface area contributed by atoms with Crippen LogP contribution in [0.4, 0.5) is 0 Å². The Morgan fingerprint density at radius 1 is 0.296 bits per heavy atom. The van der Waals surface area contributed by atoms with Crippen LogP contribution in [0.15, 0.2) is 194 Å². The van der Waals surface area contributed by atoms with Crippen molar-refractivity contribution in [1.82, 2.24) is 19.1 Å². The monoisotopic (exact) mass is 688 g/mol. The highest BCUT2D eigenvalue weighted by Crippen LogP contribution is 2.40. The number of aromatic nitrogens is 4. The van der Waals surface area contributed by atoms with Crippen molar-refractivity contribution in [2.75, 3.05) is 0 Å². The number of hydrogen-bond donors (Lipinski definition) is 0. The van der Waals surface area contributed by atoms with Crippen LogP contribution >= 0.6 is 0 Å². The molecule has 0 N–H and O–H groups in total. The van der Waals surface area contributed by atoms with Crippen molar-refractivity contribution in [3.05, 3.63) is 194 Å². The van der Waals surface area contributed by atoms with E-state index in [-0.39, 0.29) is 0 Å². The van der Waals surface area contributed by atoms with E-state index in [1.54, 1.807) is 0 Å². The second kappa shape index (κ2) is 12.1. The first kappa shape index (κ1) is 30.3. The summed E-state index contributed by atoms with van der Waals surface area (Å²) >= 11 is 0. The van der Waals surface area contributed by atoms with Gasteiger partial charge in [-0.05, 0) is 77.2 Å². The van der Waals surface area contributed by atoms with Crippen LogP contribution in [-0.4, -0.2) is 19.1 Å². The molecule has 0 unspecified atom stereocenters. The summed E-state index contributed by atoms with van der Waals surface area (Å²) in [6.07, 6.45) is 0. The lowest BCUT2D eigenvalue weighted by Gasteiger charge is -2.13. The van der Waals surface area contributed by atoms with Crippen LogP contribution in [0.25, 0.3) is 99.7 Å². The predicted molar refractivity (Wildman–Crippen MR) is 225 cm³/mol. The largest absolute Gasteiger partial charge is 0.309 e. The molecule has 4 nitrogen and oxygen atoms in total. The third-order valence-corrected chi connectivity index (χ3v) is 10.7. The van der Waals surface area contributed by atoms with Crippen molar-refractivity contribution in [1.29, 1.82) is 0 Å². The number of nitrogens with zero attached hydrogens (tertiary/aromatic N) is 4. The Bertz CT molecular complexity index is 3170. The van der Waals surface area contributed by atoms with Gasteiger partial charge in [-0.25, -0.2) is 9.97 Å². The Hall–Kier alpha value is -7.30. The highest BCUT2D eigenvalue weighted by atomic mass is 15.1. The van der Waals surface area contributed by atoms with Crippen LogP contribution in [0.1, 0.15) is 0 Å². The maximum Gasteiger partial charge on any atom is 0.145 e. The van der Waals surface area contributed by atoms with Gasteiger partial charge in [0.05, 0.1) is 33.3 Å². The summed E-state index contributed by atoms with van der Waals surface area (Å²) in [6.45, 7) is 0. The lowest BCUT2D eigenvalue weighted by atomic mass is 9.96. The van der Waals surface area contributed by atoms with E-state index in [4.69, 9.17) is 9.97 Å². The van der Waals surface area contributed by atoms with Crippen LogP contribution in [0.5, 0.6) is 0 Å². The van der Waals surface area contributed by atoms with E-state index in [0.29, 0.717) is 0 Å². The molecule has 3 aromatic heterocycles. The van der Waals surface area contributed by atoms with Crippen LogP contribution in [0, 0.1) is 0 Å². The Morgan fingerprint density at radius 2 is 0.833 bits per heavy atom. The van der Waals surface area contributed by atoms with Gasteiger partial charge in [-0.1, -0.05) is 133 Å². The highest BCUT2D eigenvalue weighted by molar-refractivity contribution is 6.20.